The summed E-state index contributed by atoms with van der Waals surface area (Å²) in [6.45, 7) is 3.52. The van der Waals surface area contributed by atoms with Gasteiger partial charge in [0.25, 0.3) is 0 Å². The maximum absolute atomic E-state index is 12.3. The van der Waals surface area contributed by atoms with Gasteiger partial charge < -0.3 is 5.11 Å². The SMILES string of the molecule is Cc1csc(CO)c1S(=O)(=O)NCc1scnc1C. The van der Waals surface area contributed by atoms with E-state index in [1.807, 2.05) is 6.92 Å². The Balaban J connectivity index is 2.23. The monoisotopic (exact) mass is 318 g/mol. The number of rotatable bonds is 5. The van der Waals surface area contributed by atoms with Crippen molar-refractivity contribution in [3.05, 3.63) is 31.9 Å². The molecule has 0 bridgehead atoms. The fraction of sp³-hybridized carbons (Fsp3) is 0.364. The molecule has 2 rings (SSSR count). The van der Waals surface area contributed by atoms with Crippen LogP contribution in [0.5, 0.6) is 0 Å². The first-order valence-electron chi connectivity index (χ1n) is 5.52. The number of hydrogen-bond donors (Lipinski definition) is 2. The summed E-state index contributed by atoms with van der Waals surface area (Å²) in [5.74, 6) is 0. The molecule has 8 heteroatoms. The second-order valence-corrected chi connectivity index (χ2v) is 7.62. The van der Waals surface area contributed by atoms with Crippen molar-refractivity contribution < 1.29 is 13.5 Å². The first-order valence-corrected chi connectivity index (χ1v) is 8.76. The molecule has 0 radical (unpaired) electrons. The van der Waals surface area contributed by atoms with Gasteiger partial charge in [-0.25, -0.2) is 18.1 Å². The molecule has 0 aliphatic heterocycles. The number of aryl methyl sites for hydroxylation is 2. The van der Waals surface area contributed by atoms with E-state index in [9.17, 15) is 13.5 Å². The highest BCUT2D eigenvalue weighted by atomic mass is 32.2. The van der Waals surface area contributed by atoms with Crippen LogP contribution in [-0.2, 0) is 23.2 Å². The lowest BCUT2D eigenvalue weighted by molar-refractivity contribution is 0.282. The molecule has 0 aliphatic rings. The summed E-state index contributed by atoms with van der Waals surface area (Å²) in [4.78, 5) is 5.63. The van der Waals surface area contributed by atoms with Crippen LogP contribution in [0.15, 0.2) is 15.8 Å². The Labute approximate surface area is 120 Å². The topological polar surface area (TPSA) is 79.3 Å². The summed E-state index contributed by atoms with van der Waals surface area (Å²) in [5, 5.41) is 10.9. The summed E-state index contributed by atoms with van der Waals surface area (Å²) in [7, 11) is -3.60. The second kappa shape index (κ2) is 5.68. The molecule has 2 aromatic heterocycles. The van der Waals surface area contributed by atoms with Crippen LogP contribution >= 0.6 is 22.7 Å². The van der Waals surface area contributed by atoms with E-state index < -0.39 is 10.0 Å². The lowest BCUT2D eigenvalue weighted by Gasteiger charge is -2.07. The van der Waals surface area contributed by atoms with Gasteiger partial charge in [0, 0.05) is 11.4 Å². The van der Waals surface area contributed by atoms with Crippen LogP contribution in [0.1, 0.15) is 21.0 Å². The summed E-state index contributed by atoms with van der Waals surface area (Å²) >= 11 is 2.67. The van der Waals surface area contributed by atoms with Gasteiger partial charge in [-0.1, -0.05) is 0 Å². The Morgan fingerprint density at radius 3 is 2.63 bits per heavy atom. The van der Waals surface area contributed by atoms with Crippen LogP contribution in [0.25, 0.3) is 0 Å². The van der Waals surface area contributed by atoms with Gasteiger partial charge in [-0.2, -0.15) is 0 Å². The van der Waals surface area contributed by atoms with Crippen LogP contribution < -0.4 is 4.72 Å². The Hall–Kier alpha value is -0.800. The van der Waals surface area contributed by atoms with E-state index in [-0.39, 0.29) is 18.0 Å². The quantitative estimate of drug-likeness (QED) is 0.881. The standard InChI is InChI=1S/C11H14N2O3S3/c1-7-5-17-10(4-14)11(7)19(15,16)13-3-9-8(2)12-6-18-9/h5-6,13-14H,3-4H2,1-2H3. The third-order valence-electron chi connectivity index (χ3n) is 2.67. The molecular weight excluding hydrogens is 304 g/mol. The minimum Gasteiger partial charge on any atom is -0.391 e. The molecule has 0 saturated heterocycles. The second-order valence-electron chi connectivity index (χ2n) is 4.01. The third kappa shape index (κ3) is 3.03. The summed E-state index contributed by atoms with van der Waals surface area (Å²) in [6, 6.07) is 0. The number of aliphatic hydroxyl groups is 1. The van der Waals surface area contributed by atoms with Crippen LogP contribution in [0, 0.1) is 13.8 Å². The molecule has 0 saturated carbocycles. The van der Waals surface area contributed by atoms with Crippen LogP contribution in [-0.4, -0.2) is 18.5 Å². The van der Waals surface area contributed by atoms with Gasteiger partial charge in [0.15, 0.2) is 0 Å². The fourth-order valence-corrected chi connectivity index (χ4v) is 5.15. The van der Waals surface area contributed by atoms with Crippen molar-refractivity contribution in [2.24, 2.45) is 0 Å². The lowest BCUT2D eigenvalue weighted by Crippen LogP contribution is -2.24. The molecule has 104 valence electrons. The lowest BCUT2D eigenvalue weighted by atomic mass is 10.3. The van der Waals surface area contributed by atoms with E-state index in [2.05, 4.69) is 9.71 Å². The van der Waals surface area contributed by atoms with E-state index in [4.69, 9.17) is 0 Å². The van der Waals surface area contributed by atoms with Crippen molar-refractivity contribution in [3.63, 3.8) is 0 Å². The molecule has 2 heterocycles. The number of nitrogens with one attached hydrogen (secondary N) is 1. The summed E-state index contributed by atoms with van der Waals surface area (Å²) in [5.41, 5.74) is 3.17. The predicted octanol–water partition coefficient (Wildman–Crippen LogP) is 1.79. The first kappa shape index (κ1) is 14.6. The molecule has 2 aromatic rings. The number of aliphatic hydroxyl groups excluding tert-OH is 1. The molecule has 0 amide bonds. The van der Waals surface area contributed by atoms with Gasteiger partial charge >= 0.3 is 0 Å². The Morgan fingerprint density at radius 1 is 1.32 bits per heavy atom. The molecule has 2 N–H and O–H groups in total. The average molecular weight is 318 g/mol. The molecule has 0 atom stereocenters. The minimum absolute atomic E-state index is 0.196. The highest BCUT2D eigenvalue weighted by Gasteiger charge is 2.22. The molecule has 0 spiro atoms. The molecule has 0 unspecified atom stereocenters. The van der Waals surface area contributed by atoms with E-state index in [1.54, 1.807) is 17.8 Å². The largest absolute Gasteiger partial charge is 0.391 e. The molecule has 0 aromatic carbocycles. The predicted molar refractivity (Wildman–Crippen MR) is 75.9 cm³/mol. The number of hydrogen-bond acceptors (Lipinski definition) is 6. The van der Waals surface area contributed by atoms with Crippen molar-refractivity contribution in [3.8, 4) is 0 Å². The number of nitrogens with zero attached hydrogens (tertiary/aromatic N) is 1. The smallest absolute Gasteiger partial charge is 0.242 e. The highest BCUT2D eigenvalue weighted by Crippen LogP contribution is 2.27. The fourth-order valence-electron chi connectivity index (χ4n) is 1.69. The molecule has 0 fully saturated rings. The van der Waals surface area contributed by atoms with Gasteiger partial charge in [0.1, 0.15) is 4.90 Å². The zero-order valence-electron chi connectivity index (χ0n) is 10.5. The normalized spacial score (nSPS) is 11.9. The maximum Gasteiger partial charge on any atom is 0.242 e. The zero-order valence-corrected chi connectivity index (χ0v) is 13.0. The van der Waals surface area contributed by atoms with Gasteiger partial charge in [0.05, 0.1) is 22.7 Å². The van der Waals surface area contributed by atoms with Crippen LogP contribution in [0.4, 0.5) is 0 Å². The summed E-state index contributed by atoms with van der Waals surface area (Å²) in [6.07, 6.45) is 0. The first-order chi connectivity index (χ1) is 8.95. The van der Waals surface area contributed by atoms with Gasteiger partial charge in [-0.3, -0.25) is 0 Å². The van der Waals surface area contributed by atoms with E-state index in [0.717, 1.165) is 10.6 Å². The number of sulfonamides is 1. The molecule has 19 heavy (non-hydrogen) atoms. The van der Waals surface area contributed by atoms with Crippen molar-refractivity contribution in [1.29, 1.82) is 0 Å². The molecular formula is C11H14N2O3S3. The zero-order chi connectivity index (χ0) is 14.0. The van der Waals surface area contributed by atoms with Gasteiger partial charge in [-0.05, 0) is 24.8 Å². The number of thiophene rings is 1. The van der Waals surface area contributed by atoms with Gasteiger partial charge in [-0.15, -0.1) is 22.7 Å². The third-order valence-corrected chi connectivity index (χ3v) is 6.45. The highest BCUT2D eigenvalue weighted by molar-refractivity contribution is 7.89. The Morgan fingerprint density at radius 2 is 2.05 bits per heavy atom. The Bertz CT molecular complexity index is 673. The molecule has 0 aliphatic carbocycles. The van der Waals surface area contributed by atoms with E-state index in [0.29, 0.717) is 10.4 Å². The molecule has 5 nitrogen and oxygen atoms in total. The van der Waals surface area contributed by atoms with Crippen molar-refractivity contribution in [1.82, 2.24) is 9.71 Å². The Kier molecular flexibility index (Phi) is 4.36. The van der Waals surface area contributed by atoms with Gasteiger partial charge in [0.2, 0.25) is 10.0 Å². The van der Waals surface area contributed by atoms with Crippen molar-refractivity contribution >= 4 is 32.7 Å². The average Bonchev–Trinajstić information content (AvgIpc) is 2.93. The van der Waals surface area contributed by atoms with Crippen LogP contribution in [0.3, 0.4) is 0 Å². The summed E-state index contributed by atoms with van der Waals surface area (Å²) < 4.78 is 27.1. The van der Waals surface area contributed by atoms with Crippen molar-refractivity contribution in [2.75, 3.05) is 0 Å². The van der Waals surface area contributed by atoms with E-state index in [1.165, 1.54) is 22.7 Å². The number of aromatic nitrogens is 1. The van der Waals surface area contributed by atoms with Crippen molar-refractivity contribution in [2.45, 2.75) is 31.9 Å². The van der Waals surface area contributed by atoms with E-state index >= 15 is 0 Å². The van der Waals surface area contributed by atoms with Crippen LogP contribution in [0.2, 0.25) is 0 Å². The number of thiazole rings is 1. The maximum atomic E-state index is 12.3. The minimum atomic E-state index is -3.60.